The van der Waals surface area contributed by atoms with Gasteiger partial charge in [0.2, 0.25) is 0 Å². The van der Waals surface area contributed by atoms with Gasteiger partial charge in [-0.15, -0.1) is 0 Å². The van der Waals surface area contributed by atoms with Crippen LogP contribution in [-0.4, -0.2) is 24.1 Å². The maximum Gasteiger partial charge on any atom is 0.123 e. The van der Waals surface area contributed by atoms with E-state index in [0.717, 1.165) is 11.4 Å². The van der Waals surface area contributed by atoms with E-state index < -0.39 is 0 Å². The largest absolute Gasteiger partial charge is 0.279 e. The predicted octanol–water partition coefficient (Wildman–Crippen LogP) is 0.821. The van der Waals surface area contributed by atoms with Crippen LogP contribution in [0, 0.1) is 0 Å². The van der Waals surface area contributed by atoms with Crippen molar-refractivity contribution in [3.8, 4) is 0 Å². The molecular formula is C10H9N3. The molecule has 0 fully saturated rings. The van der Waals surface area contributed by atoms with Crippen LogP contribution in [0.4, 0.5) is 0 Å². The second-order valence-corrected chi connectivity index (χ2v) is 3.23. The molecule has 0 saturated carbocycles. The van der Waals surface area contributed by atoms with E-state index in [4.69, 9.17) is 0 Å². The van der Waals surface area contributed by atoms with Gasteiger partial charge in [0.25, 0.3) is 0 Å². The van der Waals surface area contributed by atoms with Crippen molar-refractivity contribution in [3.05, 3.63) is 36.1 Å². The molecule has 0 amide bonds. The lowest BCUT2D eigenvalue weighted by molar-refractivity contribution is 0.626. The Hall–Kier alpha value is -1.48. The lowest BCUT2D eigenvalue weighted by Crippen LogP contribution is -2.48. The molecule has 0 bridgehead atoms. The summed E-state index contributed by atoms with van der Waals surface area (Å²) < 4.78 is 0. The van der Waals surface area contributed by atoms with Crippen molar-refractivity contribution in [3.63, 3.8) is 0 Å². The van der Waals surface area contributed by atoms with Gasteiger partial charge in [-0.1, -0.05) is 12.2 Å². The van der Waals surface area contributed by atoms with Crippen molar-refractivity contribution in [1.82, 2.24) is 5.32 Å². The zero-order chi connectivity index (χ0) is 8.73. The molecule has 1 spiro atoms. The predicted molar refractivity (Wildman–Crippen MR) is 53.0 cm³/mol. The first-order valence-corrected chi connectivity index (χ1v) is 4.32. The molecule has 0 aromatic heterocycles. The Kier molecular flexibility index (Phi) is 1.21. The molecule has 3 heteroatoms. The zero-order valence-corrected chi connectivity index (χ0v) is 7.07. The minimum Gasteiger partial charge on any atom is -0.279 e. The van der Waals surface area contributed by atoms with Crippen LogP contribution in [-0.2, 0) is 0 Å². The molecule has 0 aromatic carbocycles. The number of hydrogen-bond donors (Lipinski definition) is 1. The summed E-state index contributed by atoms with van der Waals surface area (Å²) in [6, 6.07) is 0. The van der Waals surface area contributed by atoms with Crippen LogP contribution in [0.25, 0.3) is 0 Å². The normalized spacial score (nSPS) is 33.8. The van der Waals surface area contributed by atoms with Gasteiger partial charge < -0.3 is 0 Å². The van der Waals surface area contributed by atoms with E-state index in [-0.39, 0.29) is 5.54 Å². The Morgan fingerprint density at radius 3 is 3.38 bits per heavy atom. The molecule has 3 nitrogen and oxygen atoms in total. The second kappa shape index (κ2) is 2.26. The van der Waals surface area contributed by atoms with Gasteiger partial charge in [0.1, 0.15) is 5.54 Å². The fourth-order valence-electron chi connectivity index (χ4n) is 1.92. The molecule has 1 atom stereocenters. The minimum absolute atomic E-state index is 0.219. The third-order valence-corrected chi connectivity index (χ3v) is 2.57. The molecule has 3 aliphatic rings. The Morgan fingerprint density at radius 2 is 2.38 bits per heavy atom. The number of hydrogen-bond acceptors (Lipinski definition) is 3. The highest BCUT2D eigenvalue weighted by Crippen LogP contribution is 2.30. The van der Waals surface area contributed by atoms with Gasteiger partial charge in [-0.05, 0) is 18.2 Å². The van der Waals surface area contributed by atoms with Gasteiger partial charge in [-0.2, -0.15) is 0 Å². The summed E-state index contributed by atoms with van der Waals surface area (Å²) in [4.78, 5) is 8.73. The summed E-state index contributed by atoms with van der Waals surface area (Å²) in [5.74, 6) is 0. The summed E-state index contributed by atoms with van der Waals surface area (Å²) in [7, 11) is 0. The van der Waals surface area contributed by atoms with Gasteiger partial charge in [0.05, 0.1) is 18.1 Å². The standard InChI is InChI=1S/C10H9N3/c1-3-8-10(5-2-6-11-8)9(4-1)12-7-13-10/h1-6,13H,7H2. The number of aliphatic imine (C=N–C) groups is 2. The van der Waals surface area contributed by atoms with Crippen LogP contribution in [0.1, 0.15) is 0 Å². The van der Waals surface area contributed by atoms with Crippen molar-refractivity contribution in [2.75, 3.05) is 6.67 Å². The molecule has 3 rings (SSSR count). The van der Waals surface area contributed by atoms with E-state index in [1.54, 1.807) is 0 Å². The van der Waals surface area contributed by atoms with Crippen LogP contribution < -0.4 is 5.32 Å². The third-order valence-electron chi connectivity index (χ3n) is 2.57. The fourth-order valence-corrected chi connectivity index (χ4v) is 1.92. The van der Waals surface area contributed by atoms with Crippen molar-refractivity contribution < 1.29 is 0 Å². The fraction of sp³-hybridized carbons (Fsp3) is 0.200. The van der Waals surface area contributed by atoms with Crippen LogP contribution in [0.5, 0.6) is 0 Å². The van der Waals surface area contributed by atoms with Crippen LogP contribution >= 0.6 is 0 Å². The summed E-state index contributed by atoms with van der Waals surface area (Å²) in [6.45, 7) is 0.677. The first kappa shape index (κ1) is 6.97. The van der Waals surface area contributed by atoms with Crippen molar-refractivity contribution in [2.45, 2.75) is 5.54 Å². The van der Waals surface area contributed by atoms with Crippen molar-refractivity contribution >= 4 is 11.9 Å². The molecule has 0 saturated heterocycles. The molecule has 1 unspecified atom stereocenters. The summed E-state index contributed by atoms with van der Waals surface area (Å²) in [5.41, 5.74) is 1.88. The average molecular weight is 171 g/mol. The lowest BCUT2D eigenvalue weighted by Gasteiger charge is -2.30. The van der Waals surface area contributed by atoms with Crippen LogP contribution in [0.3, 0.4) is 0 Å². The molecule has 1 N–H and O–H groups in total. The van der Waals surface area contributed by atoms with E-state index in [0.29, 0.717) is 6.67 Å². The maximum absolute atomic E-state index is 4.39. The highest BCUT2D eigenvalue weighted by atomic mass is 15.2. The Balaban J connectivity index is 2.22. The molecular weight excluding hydrogens is 162 g/mol. The molecule has 64 valence electrons. The number of nitrogens with zero attached hydrogens (tertiary/aromatic N) is 2. The zero-order valence-electron chi connectivity index (χ0n) is 7.07. The smallest absolute Gasteiger partial charge is 0.123 e. The van der Waals surface area contributed by atoms with Gasteiger partial charge in [-0.25, -0.2) is 0 Å². The van der Waals surface area contributed by atoms with Gasteiger partial charge in [0, 0.05) is 6.21 Å². The van der Waals surface area contributed by atoms with Crippen LogP contribution in [0.2, 0.25) is 0 Å². The summed E-state index contributed by atoms with van der Waals surface area (Å²) in [6.07, 6.45) is 11.9. The third kappa shape index (κ3) is 0.769. The number of rotatable bonds is 0. The molecule has 0 radical (unpaired) electrons. The number of nitrogens with one attached hydrogen (secondary N) is 1. The first-order chi connectivity index (χ1) is 6.42. The Bertz CT molecular complexity index is 398. The highest BCUT2D eigenvalue weighted by Gasteiger charge is 2.40. The van der Waals surface area contributed by atoms with Crippen molar-refractivity contribution in [1.29, 1.82) is 0 Å². The maximum atomic E-state index is 4.39. The van der Waals surface area contributed by atoms with Crippen molar-refractivity contribution in [2.24, 2.45) is 9.98 Å². The Morgan fingerprint density at radius 1 is 1.38 bits per heavy atom. The SMILES string of the molecule is C1=CC2=NCNC23C=CC=NC3=C1. The number of allylic oxidation sites excluding steroid dienone is 3. The highest BCUT2D eigenvalue weighted by molar-refractivity contribution is 6.10. The van der Waals surface area contributed by atoms with Gasteiger partial charge in [0.15, 0.2) is 0 Å². The summed E-state index contributed by atoms with van der Waals surface area (Å²) >= 11 is 0. The van der Waals surface area contributed by atoms with E-state index in [2.05, 4.69) is 21.4 Å². The number of dihydropyridines is 1. The molecule has 2 heterocycles. The monoisotopic (exact) mass is 171 g/mol. The molecule has 13 heavy (non-hydrogen) atoms. The lowest BCUT2D eigenvalue weighted by atomic mass is 9.85. The first-order valence-electron chi connectivity index (χ1n) is 4.32. The van der Waals surface area contributed by atoms with Gasteiger partial charge >= 0.3 is 0 Å². The quantitative estimate of drug-likeness (QED) is 0.575. The van der Waals surface area contributed by atoms with E-state index >= 15 is 0 Å². The molecule has 1 aliphatic carbocycles. The van der Waals surface area contributed by atoms with Crippen LogP contribution in [0.15, 0.2) is 46.1 Å². The minimum atomic E-state index is -0.219. The van der Waals surface area contributed by atoms with E-state index in [1.807, 2.05) is 30.5 Å². The van der Waals surface area contributed by atoms with E-state index in [9.17, 15) is 0 Å². The second-order valence-electron chi connectivity index (χ2n) is 3.23. The average Bonchev–Trinajstić information content (AvgIpc) is 2.58. The molecule has 0 aromatic rings. The Labute approximate surface area is 76.3 Å². The summed E-state index contributed by atoms with van der Waals surface area (Å²) in [5, 5.41) is 3.35. The van der Waals surface area contributed by atoms with E-state index in [1.165, 1.54) is 0 Å². The molecule has 2 aliphatic heterocycles. The van der Waals surface area contributed by atoms with Gasteiger partial charge in [-0.3, -0.25) is 15.3 Å². The topological polar surface area (TPSA) is 36.8 Å².